The molecule has 0 aliphatic carbocycles. The molecule has 0 radical (unpaired) electrons. The minimum atomic E-state index is 0.680. The van der Waals surface area contributed by atoms with Gasteiger partial charge in [0.1, 0.15) is 0 Å². The first-order valence-corrected chi connectivity index (χ1v) is 6.09. The van der Waals surface area contributed by atoms with Crippen LogP contribution in [0.15, 0.2) is 30.6 Å². The van der Waals surface area contributed by atoms with E-state index in [9.17, 15) is 0 Å². The summed E-state index contributed by atoms with van der Waals surface area (Å²) < 4.78 is 1.68. The number of nitrogens with one attached hydrogen (secondary N) is 2. The lowest BCUT2D eigenvalue weighted by molar-refractivity contribution is 0.829. The Labute approximate surface area is 109 Å². The molecule has 0 saturated heterocycles. The molecule has 2 N–H and O–H groups in total. The topological polar surface area (TPSA) is 58.5 Å². The van der Waals surface area contributed by atoms with Gasteiger partial charge in [0.2, 0.25) is 5.95 Å². The second-order valence-corrected chi connectivity index (χ2v) is 4.30. The number of nitrogens with zero attached hydrogens (tertiary/aromatic N) is 3. The third-order valence-electron chi connectivity index (χ3n) is 2.65. The van der Waals surface area contributed by atoms with E-state index in [1.165, 1.54) is 0 Å². The van der Waals surface area contributed by atoms with Crippen molar-refractivity contribution in [3.8, 4) is 5.95 Å². The van der Waals surface area contributed by atoms with Crippen molar-refractivity contribution in [1.29, 1.82) is 0 Å². The maximum atomic E-state index is 6.18. The zero-order valence-corrected chi connectivity index (χ0v) is 10.6. The summed E-state index contributed by atoms with van der Waals surface area (Å²) in [5.74, 6) is 0.680. The summed E-state index contributed by atoms with van der Waals surface area (Å²) in [5, 5.41) is 8.02. The third-order valence-corrected chi connectivity index (χ3v) is 2.96. The number of aromatic nitrogens is 4. The molecule has 0 fully saturated rings. The van der Waals surface area contributed by atoms with Gasteiger partial charge in [0.15, 0.2) is 0 Å². The normalized spacial score (nSPS) is 11.0. The molecule has 3 aromatic rings. The summed E-state index contributed by atoms with van der Waals surface area (Å²) >= 11 is 6.18. The van der Waals surface area contributed by atoms with Gasteiger partial charge in [0, 0.05) is 18.9 Å². The highest BCUT2D eigenvalue weighted by molar-refractivity contribution is 6.34. The lowest BCUT2D eigenvalue weighted by atomic mass is 10.2. The minimum Gasteiger partial charge on any atom is -0.384 e. The predicted molar refractivity (Wildman–Crippen MR) is 72.4 cm³/mol. The van der Waals surface area contributed by atoms with E-state index in [1.54, 1.807) is 10.9 Å². The van der Waals surface area contributed by atoms with Crippen LogP contribution in [0, 0.1) is 0 Å². The quantitative estimate of drug-likeness (QED) is 0.762. The largest absolute Gasteiger partial charge is 0.384 e. The smallest absolute Gasteiger partial charge is 0.229 e. The van der Waals surface area contributed by atoms with E-state index in [2.05, 4.69) is 20.4 Å². The second-order valence-electron chi connectivity index (χ2n) is 3.89. The van der Waals surface area contributed by atoms with Gasteiger partial charge in [0.05, 0.1) is 21.7 Å². The molecule has 0 spiro atoms. The Hall–Kier alpha value is -2.01. The van der Waals surface area contributed by atoms with Crippen molar-refractivity contribution >= 4 is 28.3 Å². The summed E-state index contributed by atoms with van der Waals surface area (Å²) in [5.41, 5.74) is 2.65. The highest BCUT2D eigenvalue weighted by atomic mass is 35.5. The zero-order chi connectivity index (χ0) is 12.5. The number of hydrogen-bond acceptors (Lipinski definition) is 3. The molecule has 0 aliphatic rings. The van der Waals surface area contributed by atoms with E-state index < -0.39 is 0 Å². The van der Waals surface area contributed by atoms with Crippen molar-refractivity contribution in [2.45, 2.75) is 6.92 Å². The van der Waals surface area contributed by atoms with Gasteiger partial charge in [-0.15, -0.1) is 0 Å². The number of benzene rings is 1. The van der Waals surface area contributed by atoms with E-state index >= 15 is 0 Å². The van der Waals surface area contributed by atoms with Gasteiger partial charge in [-0.3, -0.25) is 0 Å². The Morgan fingerprint density at radius 2 is 2.33 bits per heavy atom. The zero-order valence-electron chi connectivity index (χ0n) is 9.81. The Balaban J connectivity index is 2.12. The number of fused-ring (bicyclic) bond motifs is 1. The second kappa shape index (κ2) is 4.34. The molecule has 2 heterocycles. The Kier molecular flexibility index (Phi) is 2.68. The van der Waals surface area contributed by atoms with Crippen molar-refractivity contribution in [3.05, 3.63) is 35.6 Å². The molecule has 5 nitrogen and oxygen atoms in total. The summed E-state index contributed by atoms with van der Waals surface area (Å²) in [6, 6.07) is 5.66. The van der Waals surface area contributed by atoms with Gasteiger partial charge >= 0.3 is 0 Å². The fourth-order valence-electron chi connectivity index (χ4n) is 1.85. The fraction of sp³-hybridized carbons (Fsp3) is 0.167. The van der Waals surface area contributed by atoms with Crippen LogP contribution in [0.2, 0.25) is 5.02 Å². The van der Waals surface area contributed by atoms with Gasteiger partial charge in [-0.1, -0.05) is 11.6 Å². The lowest BCUT2D eigenvalue weighted by Gasteiger charge is -2.04. The molecule has 0 saturated carbocycles. The molecule has 18 heavy (non-hydrogen) atoms. The Bertz CT molecular complexity index is 671. The van der Waals surface area contributed by atoms with Crippen molar-refractivity contribution in [2.75, 3.05) is 11.9 Å². The molecular formula is C12H12ClN5. The SMILES string of the molecule is CCNc1cc2nc(-n3cccn3)[nH]c2cc1Cl. The van der Waals surface area contributed by atoms with Crippen molar-refractivity contribution in [3.63, 3.8) is 0 Å². The van der Waals surface area contributed by atoms with Crippen LogP contribution < -0.4 is 5.32 Å². The average molecular weight is 262 g/mol. The fourth-order valence-corrected chi connectivity index (χ4v) is 2.08. The predicted octanol–water partition coefficient (Wildman–Crippen LogP) is 2.83. The highest BCUT2D eigenvalue weighted by Gasteiger charge is 2.08. The van der Waals surface area contributed by atoms with Crippen LogP contribution in [-0.4, -0.2) is 26.3 Å². The van der Waals surface area contributed by atoms with Crippen molar-refractivity contribution in [2.24, 2.45) is 0 Å². The highest BCUT2D eigenvalue weighted by Crippen LogP contribution is 2.27. The molecule has 0 bridgehead atoms. The van der Waals surface area contributed by atoms with E-state index in [1.807, 2.05) is 31.3 Å². The summed E-state index contributed by atoms with van der Waals surface area (Å²) in [7, 11) is 0. The average Bonchev–Trinajstić information content (AvgIpc) is 2.97. The molecule has 92 valence electrons. The molecule has 3 rings (SSSR count). The van der Waals surface area contributed by atoms with Gasteiger partial charge in [0.25, 0.3) is 0 Å². The first-order valence-electron chi connectivity index (χ1n) is 5.71. The van der Waals surface area contributed by atoms with Crippen molar-refractivity contribution < 1.29 is 0 Å². The van der Waals surface area contributed by atoms with E-state index in [-0.39, 0.29) is 0 Å². The molecule has 0 unspecified atom stereocenters. The van der Waals surface area contributed by atoms with Gasteiger partial charge in [-0.05, 0) is 25.1 Å². The summed E-state index contributed by atoms with van der Waals surface area (Å²) in [6.07, 6.45) is 3.55. The van der Waals surface area contributed by atoms with Crippen LogP contribution in [0.3, 0.4) is 0 Å². The maximum absolute atomic E-state index is 6.18. The van der Waals surface area contributed by atoms with Crippen LogP contribution in [0.5, 0.6) is 0 Å². The summed E-state index contributed by atoms with van der Waals surface area (Å²) in [6.45, 7) is 2.85. The van der Waals surface area contributed by atoms with Crippen LogP contribution in [-0.2, 0) is 0 Å². The number of H-pyrrole nitrogens is 1. The van der Waals surface area contributed by atoms with Gasteiger partial charge in [-0.25, -0.2) is 9.67 Å². The first-order chi connectivity index (χ1) is 8.78. The molecule has 6 heteroatoms. The molecule has 0 aliphatic heterocycles. The van der Waals surface area contributed by atoms with Gasteiger partial charge < -0.3 is 10.3 Å². The summed E-state index contributed by atoms with van der Waals surface area (Å²) in [4.78, 5) is 7.67. The number of imidazole rings is 1. The molecule has 0 atom stereocenters. The number of halogens is 1. The van der Waals surface area contributed by atoms with Crippen LogP contribution >= 0.6 is 11.6 Å². The Morgan fingerprint density at radius 3 is 3.06 bits per heavy atom. The number of hydrogen-bond donors (Lipinski definition) is 2. The third kappa shape index (κ3) is 1.82. The maximum Gasteiger partial charge on any atom is 0.229 e. The number of rotatable bonds is 3. The lowest BCUT2D eigenvalue weighted by Crippen LogP contribution is -1.96. The molecular weight excluding hydrogens is 250 g/mol. The Morgan fingerprint density at radius 1 is 1.44 bits per heavy atom. The van der Waals surface area contributed by atoms with Crippen LogP contribution in [0.4, 0.5) is 5.69 Å². The number of aromatic amines is 1. The minimum absolute atomic E-state index is 0.680. The van der Waals surface area contributed by atoms with Crippen molar-refractivity contribution in [1.82, 2.24) is 19.7 Å². The standard InChI is InChI=1S/C12H12ClN5/c1-2-14-9-7-11-10(6-8(9)13)16-12(17-11)18-5-3-4-15-18/h3-7,14H,2H2,1H3,(H,16,17). The molecule has 2 aromatic heterocycles. The van der Waals surface area contributed by atoms with E-state index in [0.717, 1.165) is 23.3 Å². The molecule has 1 aromatic carbocycles. The number of anilines is 1. The van der Waals surface area contributed by atoms with E-state index in [4.69, 9.17) is 11.6 Å². The first kappa shape index (κ1) is 11.1. The monoisotopic (exact) mass is 261 g/mol. The molecule has 0 amide bonds. The van der Waals surface area contributed by atoms with Gasteiger partial charge in [-0.2, -0.15) is 5.10 Å². The van der Waals surface area contributed by atoms with Crippen LogP contribution in [0.1, 0.15) is 6.92 Å². The van der Waals surface area contributed by atoms with Crippen LogP contribution in [0.25, 0.3) is 17.0 Å². The van der Waals surface area contributed by atoms with E-state index in [0.29, 0.717) is 11.0 Å².